The van der Waals surface area contributed by atoms with Crippen LogP contribution in [-0.4, -0.2) is 66.5 Å². The predicted octanol–water partition coefficient (Wildman–Crippen LogP) is 2.66. The SMILES string of the molecule is CN1CCN(Cc2ccc(-c3cccc(S(=O)(=O)n4ccc(C=CC(=O)NO)c4)c3)cc2)CC1. The fraction of sp³-hybridized carbons (Fsp3) is 0.240. The minimum absolute atomic E-state index is 0.172. The third kappa shape index (κ3) is 5.63. The lowest BCUT2D eigenvalue weighted by molar-refractivity contribution is -0.124. The van der Waals surface area contributed by atoms with Crippen molar-refractivity contribution in [2.24, 2.45) is 0 Å². The average molecular weight is 481 g/mol. The standard InChI is InChI=1S/C25H28N4O4S/c1-27-13-15-28(16-14-27)18-20-5-8-22(9-6-20)23-3-2-4-24(17-23)34(32,33)29-12-11-21(19-29)7-10-25(30)26-31/h2-12,17,19,31H,13-16,18H2,1H3,(H,26,30). The molecule has 0 aliphatic carbocycles. The van der Waals surface area contributed by atoms with Crippen molar-refractivity contribution in [2.75, 3.05) is 33.2 Å². The van der Waals surface area contributed by atoms with E-state index in [1.54, 1.807) is 24.3 Å². The van der Waals surface area contributed by atoms with Gasteiger partial charge in [-0.1, -0.05) is 36.4 Å². The highest BCUT2D eigenvalue weighted by Crippen LogP contribution is 2.25. The molecular weight excluding hydrogens is 452 g/mol. The Bertz CT molecular complexity index is 1270. The second-order valence-corrected chi connectivity index (χ2v) is 10.2. The maximum atomic E-state index is 13.1. The molecule has 3 aromatic rings. The maximum Gasteiger partial charge on any atom is 0.267 e. The van der Waals surface area contributed by atoms with Gasteiger partial charge >= 0.3 is 0 Å². The van der Waals surface area contributed by atoms with Crippen molar-refractivity contribution in [3.63, 3.8) is 0 Å². The lowest BCUT2D eigenvalue weighted by Gasteiger charge is -2.32. The first-order chi connectivity index (χ1) is 16.3. The van der Waals surface area contributed by atoms with Gasteiger partial charge in [-0.2, -0.15) is 0 Å². The van der Waals surface area contributed by atoms with Gasteiger partial charge in [0.05, 0.1) is 4.90 Å². The first-order valence-electron chi connectivity index (χ1n) is 11.0. The second kappa shape index (κ2) is 10.4. The molecule has 1 aromatic heterocycles. The average Bonchev–Trinajstić information content (AvgIpc) is 3.34. The van der Waals surface area contributed by atoms with E-state index in [1.807, 2.05) is 18.2 Å². The Kier molecular flexibility index (Phi) is 7.28. The Hall–Kier alpha value is -3.24. The van der Waals surface area contributed by atoms with Crippen LogP contribution in [0.15, 0.2) is 78.0 Å². The molecule has 0 atom stereocenters. The van der Waals surface area contributed by atoms with Gasteiger partial charge in [-0.25, -0.2) is 17.9 Å². The van der Waals surface area contributed by atoms with Crippen LogP contribution in [0.4, 0.5) is 0 Å². The van der Waals surface area contributed by atoms with Crippen molar-refractivity contribution in [1.29, 1.82) is 0 Å². The van der Waals surface area contributed by atoms with E-state index in [2.05, 4.69) is 29.0 Å². The maximum absolute atomic E-state index is 13.1. The number of nitrogens with zero attached hydrogens (tertiary/aromatic N) is 3. The monoisotopic (exact) mass is 480 g/mol. The van der Waals surface area contributed by atoms with Crippen molar-refractivity contribution >= 4 is 22.0 Å². The van der Waals surface area contributed by atoms with Crippen LogP contribution in [0.1, 0.15) is 11.1 Å². The third-order valence-corrected chi connectivity index (χ3v) is 7.56. The third-order valence-electron chi connectivity index (χ3n) is 5.93. The Morgan fingerprint density at radius 2 is 1.76 bits per heavy atom. The van der Waals surface area contributed by atoms with Crippen molar-refractivity contribution in [2.45, 2.75) is 11.4 Å². The summed E-state index contributed by atoms with van der Waals surface area (Å²) in [5.41, 5.74) is 5.01. The van der Waals surface area contributed by atoms with E-state index in [9.17, 15) is 13.2 Å². The summed E-state index contributed by atoms with van der Waals surface area (Å²) in [6, 6.07) is 16.7. The van der Waals surface area contributed by atoms with E-state index in [0.717, 1.165) is 53.9 Å². The van der Waals surface area contributed by atoms with Gasteiger partial charge in [0.1, 0.15) is 0 Å². The molecule has 4 rings (SSSR count). The summed E-state index contributed by atoms with van der Waals surface area (Å²) in [5, 5.41) is 8.56. The summed E-state index contributed by atoms with van der Waals surface area (Å²) in [6.45, 7) is 5.19. The molecule has 2 heterocycles. The number of likely N-dealkylation sites (N-methyl/N-ethyl adjacent to an activating group) is 1. The molecule has 0 bridgehead atoms. The molecular formula is C25H28N4O4S. The van der Waals surface area contributed by atoms with E-state index >= 15 is 0 Å². The minimum Gasteiger partial charge on any atom is -0.304 e. The van der Waals surface area contributed by atoms with Crippen LogP contribution in [0.3, 0.4) is 0 Å². The number of piperazine rings is 1. The smallest absolute Gasteiger partial charge is 0.267 e. The van der Waals surface area contributed by atoms with Gasteiger partial charge in [0.2, 0.25) is 0 Å². The van der Waals surface area contributed by atoms with Crippen LogP contribution in [0.2, 0.25) is 0 Å². The fourth-order valence-electron chi connectivity index (χ4n) is 3.87. The van der Waals surface area contributed by atoms with Crippen molar-refractivity contribution in [1.82, 2.24) is 19.3 Å². The molecule has 1 amide bonds. The van der Waals surface area contributed by atoms with Crippen LogP contribution < -0.4 is 5.48 Å². The normalized spacial score (nSPS) is 15.6. The summed E-state index contributed by atoms with van der Waals surface area (Å²) >= 11 is 0. The summed E-state index contributed by atoms with van der Waals surface area (Å²) in [7, 11) is -1.66. The van der Waals surface area contributed by atoms with Gasteiger partial charge in [0.25, 0.3) is 15.9 Å². The molecule has 0 radical (unpaired) electrons. The molecule has 178 valence electrons. The molecule has 1 aliphatic heterocycles. The van der Waals surface area contributed by atoms with Crippen molar-refractivity contribution < 1.29 is 18.4 Å². The number of amides is 1. The number of aromatic nitrogens is 1. The zero-order chi connectivity index (χ0) is 24.1. The quantitative estimate of drug-likeness (QED) is 0.307. The van der Waals surface area contributed by atoms with Crippen LogP contribution in [0.5, 0.6) is 0 Å². The molecule has 0 unspecified atom stereocenters. The number of nitrogens with one attached hydrogen (secondary N) is 1. The zero-order valence-corrected chi connectivity index (χ0v) is 19.8. The van der Waals surface area contributed by atoms with Crippen LogP contribution in [0, 0.1) is 0 Å². The molecule has 1 saturated heterocycles. The number of carbonyl (C=O) groups excluding carboxylic acids is 1. The number of benzene rings is 2. The molecule has 34 heavy (non-hydrogen) atoms. The van der Waals surface area contributed by atoms with Crippen LogP contribution in [-0.2, 0) is 21.4 Å². The molecule has 0 saturated carbocycles. The zero-order valence-electron chi connectivity index (χ0n) is 19.0. The van der Waals surface area contributed by atoms with E-state index < -0.39 is 15.9 Å². The Morgan fingerprint density at radius 3 is 2.47 bits per heavy atom. The highest BCUT2D eigenvalue weighted by Gasteiger charge is 2.18. The number of hydrogen-bond donors (Lipinski definition) is 2. The molecule has 8 nitrogen and oxygen atoms in total. The van der Waals surface area contributed by atoms with Gasteiger partial charge in [-0.3, -0.25) is 14.9 Å². The van der Waals surface area contributed by atoms with Crippen molar-refractivity contribution in [3.8, 4) is 11.1 Å². The first-order valence-corrected chi connectivity index (χ1v) is 12.5. The molecule has 0 spiro atoms. The largest absolute Gasteiger partial charge is 0.304 e. The summed E-state index contributed by atoms with van der Waals surface area (Å²) in [4.78, 5) is 16.1. The summed E-state index contributed by atoms with van der Waals surface area (Å²) in [6.07, 6.45) is 5.36. The number of hydroxylamine groups is 1. The second-order valence-electron chi connectivity index (χ2n) is 8.39. The molecule has 2 N–H and O–H groups in total. The van der Waals surface area contributed by atoms with Crippen LogP contribution >= 0.6 is 0 Å². The number of hydrogen-bond acceptors (Lipinski definition) is 6. The van der Waals surface area contributed by atoms with E-state index in [1.165, 1.54) is 29.5 Å². The topological polar surface area (TPSA) is 94.9 Å². The summed E-state index contributed by atoms with van der Waals surface area (Å²) in [5.74, 6) is -0.696. The first kappa shape index (κ1) is 23.9. The predicted molar refractivity (Wildman–Crippen MR) is 131 cm³/mol. The molecule has 9 heteroatoms. The van der Waals surface area contributed by atoms with E-state index in [-0.39, 0.29) is 4.90 Å². The van der Waals surface area contributed by atoms with Crippen molar-refractivity contribution in [3.05, 3.63) is 84.2 Å². The lowest BCUT2D eigenvalue weighted by Crippen LogP contribution is -2.43. The van der Waals surface area contributed by atoms with Gasteiger partial charge in [0, 0.05) is 51.2 Å². The lowest BCUT2D eigenvalue weighted by atomic mass is 10.0. The Balaban J connectivity index is 1.50. The molecule has 1 fully saturated rings. The van der Waals surface area contributed by atoms with E-state index in [0.29, 0.717) is 5.56 Å². The fourth-order valence-corrected chi connectivity index (χ4v) is 5.13. The Morgan fingerprint density at radius 1 is 1.03 bits per heavy atom. The summed E-state index contributed by atoms with van der Waals surface area (Å²) < 4.78 is 27.4. The Labute approximate surface area is 199 Å². The highest BCUT2D eigenvalue weighted by atomic mass is 32.2. The van der Waals surface area contributed by atoms with Gasteiger partial charge < -0.3 is 4.90 Å². The number of rotatable bonds is 7. The highest BCUT2D eigenvalue weighted by molar-refractivity contribution is 7.90. The minimum atomic E-state index is -3.80. The molecule has 2 aromatic carbocycles. The molecule has 1 aliphatic rings. The number of carbonyl (C=O) groups is 1. The van der Waals surface area contributed by atoms with E-state index in [4.69, 9.17) is 5.21 Å². The van der Waals surface area contributed by atoms with Gasteiger partial charge in [-0.15, -0.1) is 0 Å². The van der Waals surface area contributed by atoms with Crippen LogP contribution in [0.25, 0.3) is 17.2 Å². The van der Waals surface area contributed by atoms with Gasteiger partial charge in [-0.05, 0) is 53.6 Å². The van der Waals surface area contributed by atoms with Gasteiger partial charge in [0.15, 0.2) is 0 Å².